The first-order valence-electron chi connectivity index (χ1n) is 9.92. The number of amides is 1. The van der Waals surface area contributed by atoms with Gasteiger partial charge in [-0.05, 0) is 50.8 Å². The van der Waals surface area contributed by atoms with Crippen molar-refractivity contribution < 1.29 is 4.79 Å². The monoisotopic (exact) mass is 398 g/mol. The molecule has 0 aliphatic rings. The van der Waals surface area contributed by atoms with Crippen LogP contribution >= 0.6 is 11.3 Å². The number of rotatable bonds is 7. The minimum absolute atomic E-state index is 0.0317. The van der Waals surface area contributed by atoms with Crippen LogP contribution in [0, 0.1) is 19.8 Å². The zero-order chi connectivity index (χ0) is 20.4. The molecule has 0 aliphatic carbocycles. The first kappa shape index (κ1) is 20.5. The van der Waals surface area contributed by atoms with Crippen LogP contribution in [0.2, 0.25) is 0 Å². The second kappa shape index (κ2) is 8.43. The summed E-state index contributed by atoms with van der Waals surface area (Å²) in [6.07, 6.45) is 1.21. The van der Waals surface area contributed by atoms with E-state index in [9.17, 15) is 4.79 Å². The molecule has 1 unspecified atom stereocenters. The van der Waals surface area contributed by atoms with E-state index >= 15 is 0 Å². The van der Waals surface area contributed by atoms with Crippen LogP contribution in [0.5, 0.6) is 0 Å². The number of thiazole rings is 1. The van der Waals surface area contributed by atoms with Crippen LogP contribution in [-0.2, 0) is 17.8 Å². The highest BCUT2D eigenvalue weighted by molar-refractivity contribution is 7.18. The first-order valence-corrected chi connectivity index (χ1v) is 10.7. The number of benzene rings is 1. The molecular weight excluding hydrogens is 368 g/mol. The molecule has 1 atom stereocenters. The molecular formula is C22H30N4OS. The average Bonchev–Trinajstić information content (AvgIpc) is 3.19. The molecule has 0 saturated heterocycles. The molecule has 6 heteroatoms. The second-order valence-corrected chi connectivity index (χ2v) is 8.99. The lowest BCUT2D eigenvalue weighted by Crippen LogP contribution is -2.29. The highest BCUT2D eigenvalue weighted by atomic mass is 32.1. The van der Waals surface area contributed by atoms with Crippen LogP contribution in [-0.4, -0.2) is 32.6 Å². The maximum Gasteiger partial charge on any atom is 0.223 e. The summed E-state index contributed by atoms with van der Waals surface area (Å²) in [5, 5.41) is 5.64. The molecule has 3 rings (SSSR count). The minimum Gasteiger partial charge on any atom is -0.337 e. The van der Waals surface area contributed by atoms with Crippen LogP contribution in [0.3, 0.4) is 0 Å². The zero-order valence-corrected chi connectivity index (χ0v) is 18.5. The molecule has 0 saturated carbocycles. The zero-order valence-electron chi connectivity index (χ0n) is 17.7. The molecule has 1 aromatic carbocycles. The summed E-state index contributed by atoms with van der Waals surface area (Å²) >= 11 is 1.66. The lowest BCUT2D eigenvalue weighted by atomic mass is 10.1. The van der Waals surface area contributed by atoms with Gasteiger partial charge in [-0.3, -0.25) is 9.48 Å². The predicted octanol–water partition coefficient (Wildman–Crippen LogP) is 4.92. The van der Waals surface area contributed by atoms with Crippen LogP contribution in [0.25, 0.3) is 10.2 Å². The number of para-hydroxylation sites is 1. The van der Waals surface area contributed by atoms with Crippen LogP contribution in [0.15, 0.2) is 24.3 Å². The van der Waals surface area contributed by atoms with Gasteiger partial charge in [0.2, 0.25) is 5.91 Å². The van der Waals surface area contributed by atoms with E-state index in [1.165, 1.54) is 11.3 Å². The van der Waals surface area contributed by atoms with Crippen molar-refractivity contribution in [3.05, 3.63) is 46.2 Å². The molecule has 1 amide bonds. The van der Waals surface area contributed by atoms with E-state index in [-0.39, 0.29) is 11.9 Å². The van der Waals surface area contributed by atoms with Crippen molar-refractivity contribution in [2.75, 3.05) is 7.05 Å². The van der Waals surface area contributed by atoms with Crippen molar-refractivity contribution in [2.24, 2.45) is 5.92 Å². The number of carbonyl (C=O) groups excluding carboxylic acids is 1. The number of aromatic nitrogens is 3. The van der Waals surface area contributed by atoms with E-state index in [0.29, 0.717) is 12.3 Å². The Balaban J connectivity index is 1.66. The summed E-state index contributed by atoms with van der Waals surface area (Å²) < 4.78 is 3.24. The summed E-state index contributed by atoms with van der Waals surface area (Å²) in [6.45, 7) is 11.5. The van der Waals surface area contributed by atoms with Gasteiger partial charge in [-0.2, -0.15) is 5.10 Å². The smallest absolute Gasteiger partial charge is 0.223 e. The van der Waals surface area contributed by atoms with Crippen LogP contribution in [0.1, 0.15) is 55.2 Å². The Labute approximate surface area is 171 Å². The molecule has 0 N–H and O–H groups in total. The summed E-state index contributed by atoms with van der Waals surface area (Å²) in [5.41, 5.74) is 4.42. The average molecular weight is 399 g/mol. The van der Waals surface area contributed by atoms with Crippen molar-refractivity contribution in [3.8, 4) is 0 Å². The van der Waals surface area contributed by atoms with Gasteiger partial charge in [0.25, 0.3) is 0 Å². The lowest BCUT2D eigenvalue weighted by molar-refractivity contribution is -0.131. The molecule has 0 aliphatic heterocycles. The van der Waals surface area contributed by atoms with Crippen molar-refractivity contribution in [1.82, 2.24) is 19.7 Å². The Bertz CT molecular complexity index is 939. The SMILES string of the molecule is Cc1nn(CC(C)C)c(C)c1CCC(=O)N(C)C(C)c1nc2ccccc2s1. The van der Waals surface area contributed by atoms with E-state index in [1.54, 1.807) is 11.3 Å². The quantitative estimate of drug-likeness (QED) is 0.568. The van der Waals surface area contributed by atoms with Crippen molar-refractivity contribution >= 4 is 27.5 Å². The van der Waals surface area contributed by atoms with Crippen molar-refractivity contribution in [3.63, 3.8) is 0 Å². The normalized spacial score (nSPS) is 12.7. The third-order valence-electron chi connectivity index (χ3n) is 5.30. The van der Waals surface area contributed by atoms with E-state index in [2.05, 4.69) is 36.6 Å². The third kappa shape index (κ3) is 4.27. The van der Waals surface area contributed by atoms with Crippen molar-refractivity contribution in [2.45, 2.75) is 60.0 Å². The Kier molecular flexibility index (Phi) is 6.18. The molecule has 0 bridgehead atoms. The van der Waals surface area contributed by atoms with Gasteiger partial charge >= 0.3 is 0 Å². The predicted molar refractivity (Wildman–Crippen MR) is 116 cm³/mol. The summed E-state index contributed by atoms with van der Waals surface area (Å²) in [5.74, 6) is 0.690. The van der Waals surface area contributed by atoms with Gasteiger partial charge in [0.05, 0.1) is 22.0 Å². The summed E-state index contributed by atoms with van der Waals surface area (Å²) in [6, 6.07) is 8.08. The molecule has 2 heterocycles. The van der Waals surface area contributed by atoms with E-state index < -0.39 is 0 Å². The van der Waals surface area contributed by atoms with Crippen LogP contribution < -0.4 is 0 Å². The molecule has 150 valence electrons. The Morgan fingerprint density at radius 1 is 1.21 bits per heavy atom. The highest BCUT2D eigenvalue weighted by Gasteiger charge is 2.21. The minimum atomic E-state index is -0.0317. The largest absolute Gasteiger partial charge is 0.337 e. The molecule has 28 heavy (non-hydrogen) atoms. The summed E-state index contributed by atoms with van der Waals surface area (Å²) in [4.78, 5) is 19.4. The van der Waals surface area contributed by atoms with Gasteiger partial charge in [0.1, 0.15) is 5.01 Å². The molecule has 5 nitrogen and oxygen atoms in total. The number of fused-ring (bicyclic) bond motifs is 1. The number of nitrogens with zero attached hydrogens (tertiary/aromatic N) is 4. The topological polar surface area (TPSA) is 51.0 Å². The molecule has 3 aromatic rings. The molecule has 0 fully saturated rings. The van der Waals surface area contributed by atoms with Gasteiger partial charge in [0, 0.05) is 25.7 Å². The van der Waals surface area contributed by atoms with Gasteiger partial charge in [-0.25, -0.2) is 4.98 Å². The Morgan fingerprint density at radius 2 is 1.93 bits per heavy atom. The number of hydrogen-bond donors (Lipinski definition) is 0. The van der Waals surface area contributed by atoms with Crippen molar-refractivity contribution in [1.29, 1.82) is 0 Å². The maximum atomic E-state index is 12.8. The third-order valence-corrected chi connectivity index (χ3v) is 6.51. The van der Waals surface area contributed by atoms with Gasteiger partial charge < -0.3 is 4.90 Å². The van der Waals surface area contributed by atoms with Gasteiger partial charge in [-0.15, -0.1) is 11.3 Å². The number of hydrogen-bond acceptors (Lipinski definition) is 4. The number of carbonyl (C=O) groups is 1. The lowest BCUT2D eigenvalue weighted by Gasteiger charge is -2.23. The fourth-order valence-corrected chi connectivity index (χ4v) is 4.54. The highest BCUT2D eigenvalue weighted by Crippen LogP contribution is 2.29. The van der Waals surface area contributed by atoms with Gasteiger partial charge in [-0.1, -0.05) is 26.0 Å². The number of aryl methyl sites for hydroxylation is 1. The molecule has 0 spiro atoms. The standard InChI is InChI=1S/C22H30N4OS/c1-14(2)13-26-16(4)18(15(3)24-26)11-12-21(27)25(6)17(5)22-23-19-9-7-8-10-20(19)28-22/h7-10,14,17H,11-13H2,1-6H3. The molecule has 2 aromatic heterocycles. The van der Waals surface area contributed by atoms with E-state index in [1.807, 2.05) is 44.0 Å². The van der Waals surface area contributed by atoms with Gasteiger partial charge in [0.15, 0.2) is 0 Å². The first-order chi connectivity index (χ1) is 13.3. The Hall–Kier alpha value is -2.21. The fraction of sp³-hybridized carbons (Fsp3) is 0.500. The second-order valence-electron chi connectivity index (χ2n) is 7.93. The Morgan fingerprint density at radius 3 is 2.61 bits per heavy atom. The summed E-state index contributed by atoms with van der Waals surface area (Å²) in [7, 11) is 1.88. The fourth-order valence-electron chi connectivity index (χ4n) is 3.48. The maximum absolute atomic E-state index is 12.8. The van der Waals surface area contributed by atoms with E-state index in [4.69, 9.17) is 4.98 Å². The van der Waals surface area contributed by atoms with E-state index in [0.717, 1.165) is 33.9 Å². The molecule has 0 radical (unpaired) electrons. The van der Waals surface area contributed by atoms with Crippen LogP contribution in [0.4, 0.5) is 0 Å².